The first-order chi connectivity index (χ1) is 12.8. The quantitative estimate of drug-likeness (QED) is 0.309. The number of guanidine groups is 1. The van der Waals surface area contributed by atoms with Crippen LogP contribution in [0.4, 0.5) is 4.39 Å². The van der Waals surface area contributed by atoms with Crippen LogP contribution < -0.4 is 10.6 Å². The van der Waals surface area contributed by atoms with E-state index in [1.165, 1.54) is 6.07 Å². The lowest BCUT2D eigenvalue weighted by atomic mass is 10.1. The molecule has 0 fully saturated rings. The van der Waals surface area contributed by atoms with Crippen LogP contribution in [0, 0.1) is 5.82 Å². The first kappa shape index (κ1) is 21.1. The minimum absolute atomic E-state index is 0. The van der Waals surface area contributed by atoms with Crippen LogP contribution in [0.25, 0.3) is 5.65 Å². The Morgan fingerprint density at radius 1 is 1.11 bits per heavy atom. The number of nitrogens with zero attached hydrogens (tertiary/aromatic N) is 4. The second-order valence-corrected chi connectivity index (χ2v) is 5.86. The van der Waals surface area contributed by atoms with Gasteiger partial charge in [-0.2, -0.15) is 0 Å². The zero-order valence-corrected chi connectivity index (χ0v) is 17.6. The monoisotopic (exact) mass is 482 g/mol. The molecule has 27 heavy (non-hydrogen) atoms. The Balaban J connectivity index is 0.00000261. The van der Waals surface area contributed by atoms with Crippen LogP contribution in [0.3, 0.4) is 0 Å². The number of pyridine rings is 1. The molecule has 2 N–H and O–H groups in total. The molecule has 0 aliphatic carbocycles. The van der Waals surface area contributed by atoms with E-state index in [2.05, 4.69) is 25.8 Å². The molecule has 0 atom stereocenters. The number of aromatic nitrogens is 3. The van der Waals surface area contributed by atoms with E-state index in [0.29, 0.717) is 19.5 Å². The first-order valence-electron chi connectivity index (χ1n) is 8.81. The van der Waals surface area contributed by atoms with Crippen LogP contribution >= 0.6 is 24.0 Å². The molecule has 0 unspecified atom stereocenters. The molecule has 0 amide bonds. The Labute approximate surface area is 175 Å². The summed E-state index contributed by atoms with van der Waals surface area (Å²) in [6, 6.07) is 12.5. The predicted octanol–water partition coefficient (Wildman–Crippen LogP) is 2.83. The summed E-state index contributed by atoms with van der Waals surface area (Å²) in [6.45, 7) is 4.09. The summed E-state index contributed by atoms with van der Waals surface area (Å²) in [7, 11) is 0. The number of fused-ring (bicyclic) bond motifs is 1. The van der Waals surface area contributed by atoms with Gasteiger partial charge in [0, 0.05) is 32.3 Å². The highest BCUT2D eigenvalue weighted by Gasteiger charge is 2.04. The summed E-state index contributed by atoms with van der Waals surface area (Å²) in [5, 5.41) is 14.9. The van der Waals surface area contributed by atoms with E-state index in [1.807, 2.05) is 41.8 Å². The van der Waals surface area contributed by atoms with Crippen molar-refractivity contribution < 1.29 is 4.39 Å². The number of halogens is 2. The number of hydrogen-bond acceptors (Lipinski definition) is 3. The Morgan fingerprint density at radius 2 is 2.00 bits per heavy atom. The lowest BCUT2D eigenvalue weighted by molar-refractivity contribution is 0.625. The van der Waals surface area contributed by atoms with Gasteiger partial charge in [-0.1, -0.05) is 18.2 Å². The normalized spacial score (nSPS) is 11.3. The topological polar surface area (TPSA) is 66.6 Å². The molecular formula is C19H24FIN6. The molecule has 8 heteroatoms. The standard InChI is InChI=1S/C19H23FN6.HI/c1-2-21-19(22-11-9-15-6-5-7-16(20)14-15)23-12-10-18-25-24-17-8-3-4-13-26(17)18;/h3-8,13-14H,2,9-12H2,1H3,(H2,21,22,23);1H. The van der Waals surface area contributed by atoms with E-state index < -0.39 is 0 Å². The van der Waals surface area contributed by atoms with Crippen molar-refractivity contribution in [1.29, 1.82) is 0 Å². The van der Waals surface area contributed by atoms with E-state index >= 15 is 0 Å². The maximum atomic E-state index is 13.2. The zero-order valence-electron chi connectivity index (χ0n) is 15.2. The van der Waals surface area contributed by atoms with Gasteiger partial charge in [-0.05, 0) is 43.2 Å². The highest BCUT2D eigenvalue weighted by atomic mass is 127. The molecule has 0 saturated carbocycles. The minimum Gasteiger partial charge on any atom is -0.357 e. The summed E-state index contributed by atoms with van der Waals surface area (Å²) in [5.41, 5.74) is 1.80. The summed E-state index contributed by atoms with van der Waals surface area (Å²) in [4.78, 5) is 4.58. The smallest absolute Gasteiger partial charge is 0.191 e. The van der Waals surface area contributed by atoms with Crippen LogP contribution in [0.15, 0.2) is 53.7 Å². The van der Waals surface area contributed by atoms with Gasteiger partial charge in [-0.15, -0.1) is 34.2 Å². The van der Waals surface area contributed by atoms with Gasteiger partial charge in [-0.25, -0.2) is 4.39 Å². The van der Waals surface area contributed by atoms with E-state index in [1.54, 1.807) is 12.1 Å². The predicted molar refractivity (Wildman–Crippen MR) is 116 cm³/mol. The van der Waals surface area contributed by atoms with Crippen molar-refractivity contribution in [3.8, 4) is 0 Å². The van der Waals surface area contributed by atoms with Gasteiger partial charge in [-0.3, -0.25) is 9.39 Å². The largest absolute Gasteiger partial charge is 0.357 e. The molecule has 3 rings (SSSR count). The van der Waals surface area contributed by atoms with Crippen molar-refractivity contribution >= 4 is 35.6 Å². The Hall–Kier alpha value is -2.23. The van der Waals surface area contributed by atoms with E-state index in [-0.39, 0.29) is 29.8 Å². The van der Waals surface area contributed by atoms with Gasteiger partial charge in [0.05, 0.1) is 0 Å². The number of aliphatic imine (C=N–C) groups is 1. The van der Waals surface area contributed by atoms with Crippen molar-refractivity contribution in [2.75, 3.05) is 19.6 Å². The van der Waals surface area contributed by atoms with Crippen molar-refractivity contribution in [2.45, 2.75) is 19.8 Å². The number of nitrogens with one attached hydrogen (secondary N) is 2. The fourth-order valence-electron chi connectivity index (χ4n) is 2.69. The lowest BCUT2D eigenvalue weighted by Gasteiger charge is -2.11. The number of rotatable bonds is 7. The van der Waals surface area contributed by atoms with Crippen LogP contribution in [0.1, 0.15) is 18.3 Å². The van der Waals surface area contributed by atoms with Gasteiger partial charge in [0.15, 0.2) is 11.6 Å². The van der Waals surface area contributed by atoms with Gasteiger partial charge in [0.1, 0.15) is 11.6 Å². The maximum absolute atomic E-state index is 13.2. The summed E-state index contributed by atoms with van der Waals surface area (Å²) in [5.74, 6) is 1.43. The van der Waals surface area contributed by atoms with Gasteiger partial charge < -0.3 is 10.6 Å². The van der Waals surface area contributed by atoms with Crippen molar-refractivity contribution in [3.63, 3.8) is 0 Å². The second-order valence-electron chi connectivity index (χ2n) is 5.86. The van der Waals surface area contributed by atoms with Crippen LogP contribution in [0.5, 0.6) is 0 Å². The SMILES string of the molecule is CCNC(=NCCc1nnc2ccccn12)NCCc1cccc(F)c1.I. The maximum Gasteiger partial charge on any atom is 0.191 e. The van der Waals surface area contributed by atoms with Crippen molar-refractivity contribution in [3.05, 3.63) is 65.9 Å². The number of benzene rings is 1. The van der Waals surface area contributed by atoms with Gasteiger partial charge in [0.2, 0.25) is 0 Å². The Bertz CT molecular complexity index is 879. The van der Waals surface area contributed by atoms with E-state index in [0.717, 1.165) is 36.0 Å². The number of hydrogen-bond donors (Lipinski definition) is 2. The molecule has 144 valence electrons. The molecule has 3 aromatic rings. The summed E-state index contributed by atoms with van der Waals surface area (Å²) in [6.07, 6.45) is 3.39. The lowest BCUT2D eigenvalue weighted by Crippen LogP contribution is -2.38. The van der Waals surface area contributed by atoms with E-state index in [4.69, 9.17) is 0 Å². The third-order valence-corrected chi connectivity index (χ3v) is 3.93. The van der Waals surface area contributed by atoms with Crippen LogP contribution in [-0.4, -0.2) is 40.2 Å². The van der Waals surface area contributed by atoms with Crippen molar-refractivity contribution in [2.24, 2.45) is 4.99 Å². The summed E-state index contributed by atoms with van der Waals surface area (Å²) >= 11 is 0. The fraction of sp³-hybridized carbons (Fsp3) is 0.316. The van der Waals surface area contributed by atoms with Gasteiger partial charge >= 0.3 is 0 Å². The molecule has 1 aromatic carbocycles. The van der Waals surface area contributed by atoms with Crippen molar-refractivity contribution in [1.82, 2.24) is 25.2 Å². The highest BCUT2D eigenvalue weighted by molar-refractivity contribution is 14.0. The fourth-order valence-corrected chi connectivity index (χ4v) is 2.69. The molecule has 0 spiro atoms. The first-order valence-corrected chi connectivity index (χ1v) is 8.81. The molecule has 0 saturated heterocycles. The molecule has 0 bridgehead atoms. The Morgan fingerprint density at radius 3 is 2.81 bits per heavy atom. The molecular weight excluding hydrogens is 458 g/mol. The minimum atomic E-state index is -0.205. The zero-order chi connectivity index (χ0) is 18.2. The third-order valence-electron chi connectivity index (χ3n) is 3.93. The molecule has 0 radical (unpaired) electrons. The molecule has 0 aliphatic rings. The summed E-state index contributed by atoms with van der Waals surface area (Å²) < 4.78 is 15.2. The third kappa shape index (κ3) is 6.16. The Kier molecular flexibility index (Phi) is 8.43. The molecule has 2 heterocycles. The van der Waals surface area contributed by atoms with Crippen LogP contribution in [-0.2, 0) is 12.8 Å². The van der Waals surface area contributed by atoms with E-state index in [9.17, 15) is 4.39 Å². The molecule has 6 nitrogen and oxygen atoms in total. The molecule has 2 aromatic heterocycles. The average Bonchev–Trinajstić information content (AvgIpc) is 3.05. The second kappa shape index (κ2) is 10.8. The molecule has 0 aliphatic heterocycles. The van der Waals surface area contributed by atoms with Crippen LogP contribution in [0.2, 0.25) is 0 Å². The average molecular weight is 482 g/mol. The van der Waals surface area contributed by atoms with Gasteiger partial charge in [0.25, 0.3) is 0 Å². The highest BCUT2D eigenvalue weighted by Crippen LogP contribution is 2.04.